The summed E-state index contributed by atoms with van der Waals surface area (Å²) in [4.78, 5) is 18.1. The summed E-state index contributed by atoms with van der Waals surface area (Å²) in [6.45, 7) is 6.83. The quantitative estimate of drug-likeness (QED) is 0.809. The molecule has 0 N–H and O–H groups in total. The van der Waals surface area contributed by atoms with Crippen LogP contribution in [0, 0.1) is 5.92 Å². The van der Waals surface area contributed by atoms with Gasteiger partial charge in [0.1, 0.15) is 0 Å². The first-order chi connectivity index (χ1) is 10.2. The zero-order chi connectivity index (χ0) is 14.8. The Labute approximate surface area is 125 Å². The Morgan fingerprint density at radius 3 is 2.81 bits per heavy atom. The van der Waals surface area contributed by atoms with E-state index in [2.05, 4.69) is 28.8 Å². The van der Waals surface area contributed by atoms with Gasteiger partial charge in [0, 0.05) is 18.7 Å². The summed E-state index contributed by atoms with van der Waals surface area (Å²) in [5, 5.41) is 4.50. The number of fused-ring (bicyclic) bond motifs is 1. The molecule has 0 aliphatic carbocycles. The van der Waals surface area contributed by atoms with E-state index >= 15 is 0 Å². The number of pyridine rings is 1. The van der Waals surface area contributed by atoms with E-state index in [1.54, 1.807) is 10.6 Å². The summed E-state index contributed by atoms with van der Waals surface area (Å²) in [6, 6.07) is 4.24. The molecule has 0 radical (unpaired) electrons. The lowest BCUT2D eigenvalue weighted by Crippen LogP contribution is -2.38. The molecular formula is C16H22N4O. The summed E-state index contributed by atoms with van der Waals surface area (Å²) < 4.78 is 1.71. The minimum absolute atomic E-state index is 0.603. The van der Waals surface area contributed by atoms with Crippen LogP contribution in [0.3, 0.4) is 0 Å². The number of piperidine rings is 1. The van der Waals surface area contributed by atoms with E-state index < -0.39 is 0 Å². The van der Waals surface area contributed by atoms with Gasteiger partial charge in [0.05, 0.1) is 5.56 Å². The zero-order valence-corrected chi connectivity index (χ0v) is 12.7. The van der Waals surface area contributed by atoms with Crippen molar-refractivity contribution in [1.82, 2.24) is 19.5 Å². The predicted octanol–water partition coefficient (Wildman–Crippen LogP) is 2.20. The van der Waals surface area contributed by atoms with Gasteiger partial charge in [-0.3, -0.25) is 4.79 Å². The minimum atomic E-state index is 0.603. The van der Waals surface area contributed by atoms with E-state index in [1.807, 2.05) is 12.3 Å². The van der Waals surface area contributed by atoms with Gasteiger partial charge in [-0.05, 0) is 57.8 Å². The second-order valence-corrected chi connectivity index (χ2v) is 6.15. The van der Waals surface area contributed by atoms with Crippen molar-refractivity contribution in [1.29, 1.82) is 0 Å². The van der Waals surface area contributed by atoms with Gasteiger partial charge in [-0.1, -0.05) is 0 Å². The number of hydrogen-bond donors (Lipinski definition) is 0. The van der Waals surface area contributed by atoms with Crippen molar-refractivity contribution in [3.8, 4) is 0 Å². The van der Waals surface area contributed by atoms with Gasteiger partial charge in [-0.15, -0.1) is 0 Å². The Balaban J connectivity index is 1.70. The minimum Gasteiger partial charge on any atom is -0.301 e. The first kappa shape index (κ1) is 14.2. The average Bonchev–Trinajstić information content (AvgIpc) is 2.90. The van der Waals surface area contributed by atoms with Crippen molar-refractivity contribution in [3.63, 3.8) is 0 Å². The molecule has 0 spiro atoms. The maximum Gasteiger partial charge on any atom is 0.166 e. The highest BCUT2D eigenvalue weighted by Crippen LogP contribution is 2.22. The Bertz CT molecular complexity index is 626. The highest BCUT2D eigenvalue weighted by Gasteiger charge is 2.22. The van der Waals surface area contributed by atoms with Gasteiger partial charge in [-0.2, -0.15) is 5.10 Å². The highest BCUT2D eigenvalue weighted by atomic mass is 16.1. The fourth-order valence-corrected chi connectivity index (χ4v) is 3.08. The molecule has 2 aromatic rings. The summed E-state index contributed by atoms with van der Waals surface area (Å²) in [7, 11) is 0. The molecule has 2 aromatic heterocycles. The van der Waals surface area contributed by atoms with Crippen LogP contribution in [0.4, 0.5) is 0 Å². The second kappa shape index (κ2) is 5.93. The summed E-state index contributed by atoms with van der Waals surface area (Å²) in [5.41, 5.74) is 1.27. The largest absolute Gasteiger partial charge is 0.301 e. The third-order valence-electron chi connectivity index (χ3n) is 4.41. The summed E-state index contributed by atoms with van der Waals surface area (Å²) in [5.74, 6) is 1.50. The molecule has 0 saturated carbocycles. The third kappa shape index (κ3) is 2.97. The smallest absolute Gasteiger partial charge is 0.166 e. The molecule has 0 bridgehead atoms. The van der Waals surface area contributed by atoms with E-state index in [0.717, 1.165) is 31.6 Å². The maximum absolute atomic E-state index is 11.0. The van der Waals surface area contributed by atoms with Crippen LogP contribution in [0.5, 0.6) is 0 Å². The normalized spacial score (nSPS) is 17.7. The van der Waals surface area contributed by atoms with E-state index in [1.165, 1.54) is 12.8 Å². The molecule has 0 amide bonds. The van der Waals surface area contributed by atoms with Crippen LogP contribution in [-0.2, 0) is 6.42 Å². The molecule has 21 heavy (non-hydrogen) atoms. The Kier molecular flexibility index (Phi) is 4.01. The van der Waals surface area contributed by atoms with Gasteiger partial charge in [0.25, 0.3) is 0 Å². The lowest BCUT2D eigenvalue weighted by molar-refractivity contribution is 0.112. The fourth-order valence-electron chi connectivity index (χ4n) is 3.08. The molecule has 0 unspecified atom stereocenters. The molecule has 1 aliphatic rings. The molecule has 3 rings (SSSR count). The molecule has 0 atom stereocenters. The van der Waals surface area contributed by atoms with E-state index in [9.17, 15) is 4.79 Å². The van der Waals surface area contributed by atoms with Gasteiger partial charge < -0.3 is 4.90 Å². The number of hydrogen-bond acceptors (Lipinski definition) is 4. The van der Waals surface area contributed by atoms with E-state index in [-0.39, 0.29) is 0 Å². The Hall–Kier alpha value is -1.75. The standard InChI is InChI=1S/C16H22N4O/c1-12(2)19-8-5-13(6-9-19)10-15-17-16-14(11-21)4-3-7-20(16)18-15/h3-4,7,11-13H,5-6,8-10H2,1-2H3. The van der Waals surface area contributed by atoms with Crippen LogP contribution < -0.4 is 0 Å². The maximum atomic E-state index is 11.0. The first-order valence-corrected chi connectivity index (χ1v) is 7.71. The Morgan fingerprint density at radius 2 is 2.14 bits per heavy atom. The number of carbonyl (C=O) groups is 1. The molecule has 1 fully saturated rings. The number of nitrogens with zero attached hydrogens (tertiary/aromatic N) is 4. The number of carbonyl (C=O) groups excluding carboxylic acids is 1. The van der Waals surface area contributed by atoms with Crippen molar-refractivity contribution in [2.75, 3.05) is 13.1 Å². The highest BCUT2D eigenvalue weighted by molar-refractivity contribution is 5.83. The molecule has 0 aromatic carbocycles. The second-order valence-electron chi connectivity index (χ2n) is 6.15. The van der Waals surface area contributed by atoms with E-state index in [4.69, 9.17) is 0 Å². The molecule has 1 saturated heterocycles. The lowest BCUT2D eigenvalue weighted by Gasteiger charge is -2.34. The SMILES string of the molecule is CC(C)N1CCC(Cc2nc3c(C=O)cccn3n2)CC1. The topological polar surface area (TPSA) is 50.5 Å². The summed E-state index contributed by atoms with van der Waals surface area (Å²) in [6.07, 6.45) is 6.00. The van der Waals surface area contributed by atoms with Gasteiger partial charge in [-0.25, -0.2) is 9.50 Å². The molecule has 112 valence electrons. The molecule has 1 aliphatic heterocycles. The van der Waals surface area contributed by atoms with Crippen LogP contribution in [-0.4, -0.2) is 44.9 Å². The van der Waals surface area contributed by atoms with E-state index in [0.29, 0.717) is 23.2 Å². The van der Waals surface area contributed by atoms with Gasteiger partial charge in [0.2, 0.25) is 0 Å². The molecule has 3 heterocycles. The lowest BCUT2D eigenvalue weighted by atomic mass is 9.93. The average molecular weight is 286 g/mol. The van der Waals surface area contributed by atoms with Crippen molar-refractivity contribution in [2.45, 2.75) is 39.2 Å². The van der Waals surface area contributed by atoms with Gasteiger partial charge in [0.15, 0.2) is 17.8 Å². The fraction of sp³-hybridized carbons (Fsp3) is 0.562. The van der Waals surface area contributed by atoms with Crippen molar-refractivity contribution in [3.05, 3.63) is 29.7 Å². The van der Waals surface area contributed by atoms with Crippen molar-refractivity contribution >= 4 is 11.9 Å². The van der Waals surface area contributed by atoms with Crippen LogP contribution >= 0.6 is 0 Å². The van der Waals surface area contributed by atoms with Crippen molar-refractivity contribution < 1.29 is 4.79 Å². The molecular weight excluding hydrogens is 264 g/mol. The van der Waals surface area contributed by atoms with Crippen LogP contribution in [0.25, 0.3) is 5.65 Å². The first-order valence-electron chi connectivity index (χ1n) is 7.71. The number of aromatic nitrogens is 3. The third-order valence-corrected chi connectivity index (χ3v) is 4.41. The van der Waals surface area contributed by atoms with Crippen LogP contribution in [0.2, 0.25) is 0 Å². The molecule has 5 heteroatoms. The number of aldehydes is 1. The summed E-state index contributed by atoms with van der Waals surface area (Å²) >= 11 is 0. The van der Waals surface area contributed by atoms with Crippen LogP contribution in [0.1, 0.15) is 42.9 Å². The van der Waals surface area contributed by atoms with Crippen molar-refractivity contribution in [2.24, 2.45) is 5.92 Å². The monoisotopic (exact) mass is 286 g/mol. The number of rotatable bonds is 4. The zero-order valence-electron chi connectivity index (χ0n) is 12.7. The van der Waals surface area contributed by atoms with Crippen LogP contribution in [0.15, 0.2) is 18.3 Å². The predicted molar refractivity (Wildman–Crippen MR) is 81.5 cm³/mol. The molecule has 5 nitrogen and oxygen atoms in total. The van der Waals surface area contributed by atoms with Gasteiger partial charge >= 0.3 is 0 Å². The Morgan fingerprint density at radius 1 is 1.38 bits per heavy atom. The number of likely N-dealkylation sites (tertiary alicyclic amines) is 1.